The van der Waals surface area contributed by atoms with Gasteiger partial charge in [-0.15, -0.1) is 0 Å². The summed E-state index contributed by atoms with van der Waals surface area (Å²) in [7, 11) is 1.52. The molecule has 0 amide bonds. The lowest BCUT2D eigenvalue weighted by atomic mass is 10.1. The molecule has 0 saturated carbocycles. The van der Waals surface area contributed by atoms with E-state index in [9.17, 15) is 4.79 Å². The van der Waals surface area contributed by atoms with Crippen molar-refractivity contribution in [2.45, 2.75) is 13.3 Å². The molecule has 0 saturated heterocycles. The number of nitrogens with zero attached hydrogens (tertiary/aromatic N) is 1. The number of ether oxygens (including phenoxy) is 1. The molecule has 0 aliphatic heterocycles. The average molecular weight is 215 g/mol. The van der Waals surface area contributed by atoms with Gasteiger partial charge >= 0.3 is 0 Å². The zero-order valence-electron chi connectivity index (χ0n) is 9.36. The fourth-order valence-electron chi connectivity index (χ4n) is 1.34. The van der Waals surface area contributed by atoms with Crippen molar-refractivity contribution in [3.05, 3.63) is 34.9 Å². The largest absolute Gasteiger partial charge is 0.495 e. The summed E-state index contributed by atoms with van der Waals surface area (Å²) in [5.41, 5.74) is 2.01. The Kier molecular flexibility index (Phi) is 4.28. The molecule has 0 radical (unpaired) electrons. The average Bonchev–Trinajstić information content (AvgIpc) is 2.35. The van der Waals surface area contributed by atoms with Crippen molar-refractivity contribution in [3.8, 4) is 11.8 Å². The van der Waals surface area contributed by atoms with Gasteiger partial charge in [-0.05, 0) is 35.8 Å². The fraction of sp³-hybridized carbons (Fsp3) is 0.231. The normalized spacial score (nSPS) is 10.7. The van der Waals surface area contributed by atoms with E-state index >= 15 is 0 Å². The van der Waals surface area contributed by atoms with Crippen LogP contribution in [0.3, 0.4) is 0 Å². The van der Waals surface area contributed by atoms with E-state index < -0.39 is 0 Å². The zero-order valence-corrected chi connectivity index (χ0v) is 9.36. The predicted molar refractivity (Wildman–Crippen MR) is 62.0 cm³/mol. The van der Waals surface area contributed by atoms with Crippen LogP contribution >= 0.6 is 0 Å². The third kappa shape index (κ3) is 2.71. The fourth-order valence-corrected chi connectivity index (χ4v) is 1.34. The minimum absolute atomic E-state index is 0.470. The van der Waals surface area contributed by atoms with Gasteiger partial charge in [0, 0.05) is 0 Å². The molecule has 0 heterocycles. The summed E-state index contributed by atoms with van der Waals surface area (Å²) in [4.78, 5) is 10.7. The van der Waals surface area contributed by atoms with Gasteiger partial charge in [-0.1, -0.05) is 13.0 Å². The molecule has 16 heavy (non-hydrogen) atoms. The standard InChI is InChI=1S/C13H13NO2/c1-3-10(9-15)6-11-4-5-13(16-2)12(7-11)8-14/h4-7,9H,3H2,1-2H3. The molecule has 0 N–H and O–H groups in total. The number of rotatable bonds is 4. The second-order valence-corrected chi connectivity index (χ2v) is 3.26. The number of hydrogen-bond acceptors (Lipinski definition) is 3. The van der Waals surface area contributed by atoms with Crippen LogP contribution in [-0.2, 0) is 4.79 Å². The molecule has 0 atom stereocenters. The Morgan fingerprint density at radius 2 is 2.31 bits per heavy atom. The highest BCUT2D eigenvalue weighted by molar-refractivity contribution is 5.81. The Morgan fingerprint density at radius 1 is 1.56 bits per heavy atom. The zero-order chi connectivity index (χ0) is 12.0. The summed E-state index contributed by atoms with van der Waals surface area (Å²) in [5.74, 6) is 0.545. The molecule has 3 heteroatoms. The van der Waals surface area contributed by atoms with E-state index in [0.717, 1.165) is 11.8 Å². The summed E-state index contributed by atoms with van der Waals surface area (Å²) in [6.45, 7) is 1.91. The van der Waals surface area contributed by atoms with Crippen molar-refractivity contribution >= 4 is 12.4 Å². The van der Waals surface area contributed by atoms with Gasteiger partial charge in [0.2, 0.25) is 0 Å². The van der Waals surface area contributed by atoms with Crippen LogP contribution < -0.4 is 4.74 Å². The maximum Gasteiger partial charge on any atom is 0.146 e. The molecule has 0 aliphatic rings. The molecule has 1 aromatic rings. The van der Waals surface area contributed by atoms with Crippen LogP contribution in [0.4, 0.5) is 0 Å². The predicted octanol–water partition coefficient (Wildman–Crippen LogP) is 2.56. The van der Waals surface area contributed by atoms with E-state index in [1.807, 2.05) is 13.0 Å². The molecule has 0 bridgehead atoms. The van der Waals surface area contributed by atoms with Gasteiger partial charge in [-0.3, -0.25) is 4.79 Å². The number of methoxy groups -OCH3 is 1. The summed E-state index contributed by atoms with van der Waals surface area (Å²) in [5, 5.41) is 8.90. The van der Waals surface area contributed by atoms with Gasteiger partial charge in [-0.2, -0.15) is 5.26 Å². The maximum absolute atomic E-state index is 10.7. The summed E-state index contributed by atoms with van der Waals surface area (Å²) in [6.07, 6.45) is 3.28. The first-order chi connectivity index (χ1) is 7.74. The number of allylic oxidation sites excluding steroid dienone is 1. The molecular weight excluding hydrogens is 202 g/mol. The molecule has 1 rings (SSSR count). The number of nitriles is 1. The molecule has 0 aromatic heterocycles. The van der Waals surface area contributed by atoms with Crippen molar-refractivity contribution in [2.24, 2.45) is 0 Å². The topological polar surface area (TPSA) is 50.1 Å². The molecule has 0 unspecified atom stereocenters. The third-order valence-electron chi connectivity index (χ3n) is 2.26. The highest BCUT2D eigenvalue weighted by Crippen LogP contribution is 2.20. The van der Waals surface area contributed by atoms with Crippen molar-refractivity contribution in [1.82, 2.24) is 0 Å². The number of benzene rings is 1. The maximum atomic E-state index is 10.7. The lowest BCUT2D eigenvalue weighted by Gasteiger charge is -2.03. The molecule has 3 nitrogen and oxygen atoms in total. The van der Waals surface area contributed by atoms with Gasteiger partial charge in [-0.25, -0.2) is 0 Å². The van der Waals surface area contributed by atoms with Crippen LogP contribution in [0.2, 0.25) is 0 Å². The first-order valence-corrected chi connectivity index (χ1v) is 4.99. The summed E-state index contributed by atoms with van der Waals surface area (Å²) < 4.78 is 5.04. The third-order valence-corrected chi connectivity index (χ3v) is 2.26. The van der Waals surface area contributed by atoms with E-state index in [2.05, 4.69) is 6.07 Å². The van der Waals surface area contributed by atoms with Crippen molar-refractivity contribution in [3.63, 3.8) is 0 Å². The molecule has 0 aliphatic carbocycles. The Balaban J connectivity index is 3.14. The highest BCUT2D eigenvalue weighted by Gasteiger charge is 2.02. The Hall–Kier alpha value is -2.08. The molecular formula is C13H13NO2. The van der Waals surface area contributed by atoms with E-state index in [1.54, 1.807) is 18.2 Å². The molecule has 0 spiro atoms. The second kappa shape index (κ2) is 5.72. The lowest BCUT2D eigenvalue weighted by molar-refractivity contribution is -0.104. The smallest absolute Gasteiger partial charge is 0.146 e. The first kappa shape index (κ1) is 12.0. The van der Waals surface area contributed by atoms with E-state index in [0.29, 0.717) is 23.3 Å². The van der Waals surface area contributed by atoms with Crippen molar-refractivity contribution < 1.29 is 9.53 Å². The minimum Gasteiger partial charge on any atom is -0.495 e. The quantitative estimate of drug-likeness (QED) is 0.573. The van der Waals surface area contributed by atoms with Crippen molar-refractivity contribution in [2.75, 3.05) is 7.11 Å². The van der Waals surface area contributed by atoms with Gasteiger partial charge in [0.05, 0.1) is 12.7 Å². The lowest BCUT2D eigenvalue weighted by Crippen LogP contribution is -1.89. The van der Waals surface area contributed by atoms with Gasteiger partial charge < -0.3 is 4.74 Å². The summed E-state index contributed by atoms with van der Waals surface area (Å²) in [6, 6.07) is 7.30. The molecule has 82 valence electrons. The van der Waals surface area contributed by atoms with E-state index in [-0.39, 0.29) is 0 Å². The van der Waals surface area contributed by atoms with Crippen LogP contribution in [0.5, 0.6) is 5.75 Å². The van der Waals surface area contributed by atoms with Crippen LogP contribution in [0.25, 0.3) is 6.08 Å². The van der Waals surface area contributed by atoms with Gasteiger partial charge in [0.15, 0.2) is 0 Å². The minimum atomic E-state index is 0.470. The number of carbonyl (C=O) groups is 1. The Bertz CT molecular complexity index is 455. The van der Waals surface area contributed by atoms with E-state index in [4.69, 9.17) is 10.00 Å². The van der Waals surface area contributed by atoms with Crippen LogP contribution in [-0.4, -0.2) is 13.4 Å². The number of aldehydes is 1. The van der Waals surface area contributed by atoms with E-state index in [1.165, 1.54) is 7.11 Å². The number of carbonyl (C=O) groups excluding carboxylic acids is 1. The van der Waals surface area contributed by atoms with Crippen LogP contribution in [0.15, 0.2) is 23.8 Å². The first-order valence-electron chi connectivity index (χ1n) is 4.99. The highest BCUT2D eigenvalue weighted by atomic mass is 16.5. The van der Waals surface area contributed by atoms with Crippen molar-refractivity contribution in [1.29, 1.82) is 5.26 Å². The SMILES string of the molecule is CCC(C=O)=Cc1ccc(OC)c(C#N)c1. The summed E-state index contributed by atoms with van der Waals surface area (Å²) >= 11 is 0. The van der Waals surface area contributed by atoms with Crippen LogP contribution in [0, 0.1) is 11.3 Å². The monoisotopic (exact) mass is 215 g/mol. The second-order valence-electron chi connectivity index (χ2n) is 3.26. The molecule has 0 fully saturated rings. The number of hydrogen-bond donors (Lipinski definition) is 0. The van der Waals surface area contributed by atoms with Gasteiger partial charge in [0.1, 0.15) is 18.1 Å². The van der Waals surface area contributed by atoms with Crippen LogP contribution in [0.1, 0.15) is 24.5 Å². The molecule has 1 aromatic carbocycles. The van der Waals surface area contributed by atoms with Gasteiger partial charge in [0.25, 0.3) is 0 Å². The Labute approximate surface area is 95.0 Å². The Morgan fingerprint density at radius 3 is 2.81 bits per heavy atom.